The minimum atomic E-state index is -0.0997. The van der Waals surface area contributed by atoms with Gasteiger partial charge in [-0.05, 0) is 50.5 Å². The van der Waals surface area contributed by atoms with Gasteiger partial charge in [-0.1, -0.05) is 0 Å². The van der Waals surface area contributed by atoms with Crippen LogP contribution in [-0.4, -0.2) is 83.3 Å². The molecule has 164 valence electrons. The maximum atomic E-state index is 12.8. The van der Waals surface area contributed by atoms with Gasteiger partial charge in [0.2, 0.25) is 5.91 Å². The molecule has 2 aliphatic heterocycles. The number of rotatable bonds is 8. The van der Waals surface area contributed by atoms with Gasteiger partial charge in [-0.15, -0.1) is 0 Å². The van der Waals surface area contributed by atoms with Gasteiger partial charge in [0.25, 0.3) is 5.91 Å². The van der Waals surface area contributed by atoms with Crippen molar-refractivity contribution in [2.24, 2.45) is 5.92 Å². The second-order valence-corrected chi connectivity index (χ2v) is 9.42. The van der Waals surface area contributed by atoms with Gasteiger partial charge < -0.3 is 15.0 Å². The van der Waals surface area contributed by atoms with Crippen molar-refractivity contribution in [3.8, 4) is 0 Å². The molecule has 4 aliphatic rings. The van der Waals surface area contributed by atoms with E-state index in [4.69, 9.17) is 4.74 Å². The molecule has 5 rings (SSSR count). The first-order valence-electron chi connectivity index (χ1n) is 11.6. The first-order valence-corrected chi connectivity index (χ1v) is 11.6. The summed E-state index contributed by atoms with van der Waals surface area (Å²) in [4.78, 5) is 29.8. The molecule has 4 fully saturated rings. The van der Waals surface area contributed by atoms with E-state index in [-0.39, 0.29) is 17.9 Å². The first kappa shape index (κ1) is 20.0. The lowest BCUT2D eigenvalue weighted by Gasteiger charge is -2.33. The zero-order valence-corrected chi connectivity index (χ0v) is 17.6. The normalized spacial score (nSPS) is 27.4. The number of carbonyl (C=O) groups is 2. The van der Waals surface area contributed by atoms with Crippen LogP contribution in [0.25, 0.3) is 0 Å². The third kappa shape index (κ3) is 4.70. The second-order valence-electron chi connectivity index (χ2n) is 9.42. The summed E-state index contributed by atoms with van der Waals surface area (Å²) in [5, 5.41) is 10.3. The Morgan fingerprint density at radius 2 is 1.87 bits per heavy atom. The van der Waals surface area contributed by atoms with Crippen LogP contribution in [0, 0.1) is 5.92 Å². The molecule has 2 N–H and O–H groups in total. The van der Waals surface area contributed by atoms with E-state index in [1.807, 2.05) is 11.0 Å². The van der Waals surface area contributed by atoms with Crippen LogP contribution < -0.4 is 5.32 Å². The summed E-state index contributed by atoms with van der Waals surface area (Å²) < 4.78 is 5.38. The second kappa shape index (κ2) is 8.67. The number of aromatic nitrogens is 2. The monoisotopic (exact) mass is 415 g/mol. The summed E-state index contributed by atoms with van der Waals surface area (Å²) in [7, 11) is 0. The number of nitrogens with zero attached hydrogens (tertiary/aromatic N) is 3. The minimum Gasteiger partial charge on any atom is -0.378 e. The Labute approximate surface area is 177 Å². The number of amides is 2. The lowest BCUT2D eigenvalue weighted by Crippen LogP contribution is -2.47. The molecule has 8 nitrogen and oxygen atoms in total. The molecule has 1 aromatic heterocycles. The van der Waals surface area contributed by atoms with Crippen LogP contribution in [-0.2, 0) is 9.53 Å². The highest BCUT2D eigenvalue weighted by atomic mass is 16.5. The Bertz CT molecular complexity index is 767. The van der Waals surface area contributed by atoms with E-state index in [0.717, 1.165) is 31.0 Å². The van der Waals surface area contributed by atoms with Crippen LogP contribution >= 0.6 is 0 Å². The summed E-state index contributed by atoms with van der Waals surface area (Å²) in [6.07, 6.45) is 7.59. The number of ether oxygens (including phenoxy) is 1. The molecule has 0 unspecified atom stereocenters. The lowest BCUT2D eigenvalue weighted by molar-refractivity contribution is -0.136. The highest BCUT2D eigenvalue weighted by Crippen LogP contribution is 2.39. The summed E-state index contributed by atoms with van der Waals surface area (Å²) in [6, 6.07) is 2.49. The molecule has 2 saturated heterocycles. The fourth-order valence-electron chi connectivity index (χ4n) is 4.85. The number of aromatic amines is 1. The number of morpholine rings is 1. The predicted octanol–water partition coefficient (Wildman–Crippen LogP) is 1.51. The SMILES string of the molecule is O=C(NC[C@@H]1CC[C@H](CC(=O)N2CCOCC2)N1CC1CC1)c1cc(C2CC2)[nH]n1. The van der Waals surface area contributed by atoms with Crippen molar-refractivity contribution in [2.75, 3.05) is 39.4 Å². The molecule has 0 bridgehead atoms. The van der Waals surface area contributed by atoms with Crippen LogP contribution in [0.2, 0.25) is 0 Å². The molecule has 8 heteroatoms. The lowest BCUT2D eigenvalue weighted by atomic mass is 10.1. The van der Waals surface area contributed by atoms with E-state index in [1.54, 1.807) is 0 Å². The quantitative estimate of drug-likeness (QED) is 0.672. The zero-order valence-electron chi connectivity index (χ0n) is 17.6. The number of likely N-dealkylation sites (tertiary alicyclic amines) is 1. The number of carbonyl (C=O) groups excluding carboxylic acids is 2. The van der Waals surface area contributed by atoms with E-state index in [2.05, 4.69) is 20.4 Å². The van der Waals surface area contributed by atoms with Gasteiger partial charge >= 0.3 is 0 Å². The van der Waals surface area contributed by atoms with Crippen molar-refractivity contribution in [3.05, 3.63) is 17.5 Å². The topological polar surface area (TPSA) is 90.6 Å². The van der Waals surface area contributed by atoms with E-state index in [0.29, 0.717) is 56.9 Å². The minimum absolute atomic E-state index is 0.0997. The molecule has 30 heavy (non-hydrogen) atoms. The number of hydrogen-bond acceptors (Lipinski definition) is 5. The molecule has 2 atom stereocenters. The largest absolute Gasteiger partial charge is 0.378 e. The van der Waals surface area contributed by atoms with E-state index < -0.39 is 0 Å². The molecule has 0 spiro atoms. The fourth-order valence-corrected chi connectivity index (χ4v) is 4.85. The maximum absolute atomic E-state index is 12.8. The van der Waals surface area contributed by atoms with Gasteiger partial charge in [0.15, 0.2) is 0 Å². The van der Waals surface area contributed by atoms with E-state index >= 15 is 0 Å². The average Bonchev–Trinajstić information content (AvgIpc) is 3.70. The van der Waals surface area contributed by atoms with Gasteiger partial charge in [-0.25, -0.2) is 0 Å². The molecule has 1 aromatic rings. The highest BCUT2D eigenvalue weighted by molar-refractivity contribution is 5.92. The summed E-state index contributed by atoms with van der Waals surface area (Å²) >= 11 is 0. The molecular weight excluding hydrogens is 382 g/mol. The summed E-state index contributed by atoms with van der Waals surface area (Å²) in [5.74, 6) is 1.47. The summed E-state index contributed by atoms with van der Waals surface area (Å²) in [5.41, 5.74) is 1.57. The Balaban J connectivity index is 1.16. The molecule has 2 amide bonds. The predicted molar refractivity (Wildman–Crippen MR) is 111 cm³/mol. The van der Waals surface area contributed by atoms with Crippen LogP contribution in [0.5, 0.6) is 0 Å². The van der Waals surface area contributed by atoms with Gasteiger partial charge in [0.05, 0.1) is 13.2 Å². The van der Waals surface area contributed by atoms with Gasteiger partial charge in [0, 0.05) is 56.3 Å². The van der Waals surface area contributed by atoms with Gasteiger partial charge in [-0.2, -0.15) is 5.10 Å². The Kier molecular flexibility index (Phi) is 5.78. The number of hydrogen-bond donors (Lipinski definition) is 2. The molecule has 3 heterocycles. The third-order valence-corrected chi connectivity index (χ3v) is 7.06. The highest BCUT2D eigenvalue weighted by Gasteiger charge is 2.38. The zero-order chi connectivity index (χ0) is 20.5. The van der Waals surface area contributed by atoms with Gasteiger partial charge in [0.1, 0.15) is 5.69 Å². The smallest absolute Gasteiger partial charge is 0.271 e. The molecule has 0 aromatic carbocycles. The summed E-state index contributed by atoms with van der Waals surface area (Å²) in [6.45, 7) is 4.38. The number of H-pyrrole nitrogens is 1. The van der Waals surface area contributed by atoms with E-state index in [1.165, 1.54) is 25.7 Å². The van der Waals surface area contributed by atoms with Crippen LogP contribution in [0.1, 0.15) is 67.0 Å². The van der Waals surface area contributed by atoms with Crippen LogP contribution in [0.4, 0.5) is 0 Å². The fraction of sp³-hybridized carbons (Fsp3) is 0.773. The molecule has 0 radical (unpaired) electrons. The van der Waals surface area contributed by atoms with Crippen LogP contribution in [0.15, 0.2) is 6.07 Å². The molecular formula is C22H33N5O3. The van der Waals surface area contributed by atoms with E-state index in [9.17, 15) is 9.59 Å². The number of nitrogens with one attached hydrogen (secondary N) is 2. The average molecular weight is 416 g/mol. The Morgan fingerprint density at radius 1 is 1.10 bits per heavy atom. The third-order valence-electron chi connectivity index (χ3n) is 7.06. The maximum Gasteiger partial charge on any atom is 0.271 e. The van der Waals surface area contributed by atoms with Crippen molar-refractivity contribution in [1.82, 2.24) is 25.3 Å². The molecule has 2 saturated carbocycles. The standard InChI is InChI=1S/C22H33N5O3/c28-21(26-7-9-30-10-8-26)11-17-5-6-18(27(17)14-15-1-2-15)13-23-22(29)20-12-19(24-25-20)16-3-4-16/h12,15-18H,1-11,13-14H2,(H,23,29)(H,24,25)/t17-,18+/m1/s1. The Hall–Kier alpha value is -1.93. The van der Waals surface area contributed by atoms with Crippen molar-refractivity contribution in [2.45, 2.75) is 62.9 Å². The van der Waals surface area contributed by atoms with Crippen molar-refractivity contribution < 1.29 is 14.3 Å². The van der Waals surface area contributed by atoms with Crippen molar-refractivity contribution >= 4 is 11.8 Å². The first-order chi connectivity index (χ1) is 14.7. The van der Waals surface area contributed by atoms with Crippen molar-refractivity contribution in [3.63, 3.8) is 0 Å². The molecule has 2 aliphatic carbocycles. The Morgan fingerprint density at radius 3 is 2.60 bits per heavy atom. The van der Waals surface area contributed by atoms with Gasteiger partial charge in [-0.3, -0.25) is 19.6 Å². The van der Waals surface area contributed by atoms with Crippen LogP contribution in [0.3, 0.4) is 0 Å². The van der Waals surface area contributed by atoms with Crippen molar-refractivity contribution in [1.29, 1.82) is 0 Å².